The standard InChI is InChI=1S/C49H82N10O27/c1-19(50)40(70)57-28(47(80)81)12-15-34(67)56-26(45(76)77)10-7-11-27(46(78)79)59-43(73)25(9-6-8-24(51)44(74)75)55-33(66)14-13-29(48(82)83)58-41(71)20(2)52-42(72)21(3)84-38(30(16-60)53-22(4)63)39(31(65)17-61)86-49-35(54-23(5)64)37(69)36(68)32(18-62)85-49/h19-21,24-32,35-39,49,60-62,65,68-69H,6-18,50-51H2,1-5H3,(H,52,72)(H,53,63)(H,54,64)(H,55,66)(H,56,67)(H,57,70)(H,58,71)(H,59,73)(H,74,75)(H,76,77)(H,78,79)(H,80,81)(H,82,83). The molecular formula is C49H82N10O27. The number of carbonyl (C=O) groups is 13. The van der Waals surface area contributed by atoms with Crippen LogP contribution in [0.25, 0.3) is 0 Å². The molecule has 18 unspecified atom stereocenters. The average molecular weight is 1240 g/mol. The Kier molecular flexibility index (Phi) is 33.8. The summed E-state index contributed by atoms with van der Waals surface area (Å²) in [7, 11) is 0. The molecule has 0 saturated carbocycles. The van der Waals surface area contributed by atoms with Gasteiger partial charge in [0.15, 0.2) is 6.29 Å². The highest BCUT2D eigenvalue weighted by molar-refractivity contribution is 5.93. The van der Waals surface area contributed by atoms with Crippen molar-refractivity contribution in [2.75, 3.05) is 19.8 Å². The van der Waals surface area contributed by atoms with Crippen LogP contribution in [-0.4, -0.2) is 263 Å². The zero-order valence-electron chi connectivity index (χ0n) is 47.7. The minimum Gasteiger partial charge on any atom is -0.480 e. The molecule has 0 spiro atoms. The first-order valence-corrected chi connectivity index (χ1v) is 26.9. The Balaban J connectivity index is 3.23. The predicted molar refractivity (Wildman–Crippen MR) is 286 cm³/mol. The predicted octanol–water partition coefficient (Wildman–Crippen LogP) is -9.13. The maximum absolute atomic E-state index is 13.6. The van der Waals surface area contributed by atoms with Crippen molar-refractivity contribution in [3.05, 3.63) is 0 Å². The largest absolute Gasteiger partial charge is 0.480 e. The molecule has 1 fully saturated rings. The van der Waals surface area contributed by atoms with Crippen molar-refractivity contribution in [2.24, 2.45) is 11.5 Å². The van der Waals surface area contributed by atoms with Gasteiger partial charge in [-0.25, -0.2) is 19.2 Å². The van der Waals surface area contributed by atoms with Crippen LogP contribution in [0.4, 0.5) is 0 Å². The molecule has 0 aromatic heterocycles. The van der Waals surface area contributed by atoms with E-state index >= 15 is 0 Å². The maximum Gasteiger partial charge on any atom is 0.326 e. The number of amides is 8. The molecule has 0 aromatic rings. The molecule has 86 heavy (non-hydrogen) atoms. The number of aliphatic hydroxyl groups excluding tert-OH is 6. The quantitative estimate of drug-likeness (QED) is 0.0270. The summed E-state index contributed by atoms with van der Waals surface area (Å²) in [6, 6.07) is -15.8. The Morgan fingerprint density at radius 2 is 0.988 bits per heavy atom. The number of nitrogens with one attached hydrogen (secondary N) is 8. The lowest BCUT2D eigenvalue weighted by atomic mass is 9.96. The van der Waals surface area contributed by atoms with Crippen LogP contribution in [0.3, 0.4) is 0 Å². The molecule has 1 heterocycles. The first-order valence-electron chi connectivity index (χ1n) is 26.9. The Bertz CT molecular complexity index is 2330. The monoisotopic (exact) mass is 1240 g/mol. The van der Waals surface area contributed by atoms with Gasteiger partial charge >= 0.3 is 29.8 Å². The second kappa shape index (κ2) is 38.0. The summed E-state index contributed by atoms with van der Waals surface area (Å²) >= 11 is 0. The second-order valence-corrected chi connectivity index (χ2v) is 20.2. The van der Waals surface area contributed by atoms with Crippen LogP contribution in [0.1, 0.15) is 98.8 Å². The molecule has 1 aliphatic rings. The molecule has 0 radical (unpaired) electrons. The fraction of sp³-hybridized carbons (Fsp3) is 0.735. The van der Waals surface area contributed by atoms with Crippen LogP contribution in [0, 0.1) is 0 Å². The highest BCUT2D eigenvalue weighted by Crippen LogP contribution is 2.27. The maximum atomic E-state index is 13.6. The van der Waals surface area contributed by atoms with Gasteiger partial charge in [0, 0.05) is 26.7 Å². The third-order valence-corrected chi connectivity index (χ3v) is 13.1. The summed E-state index contributed by atoms with van der Waals surface area (Å²) in [6.07, 6.45) is -19.2. The molecule has 1 aliphatic heterocycles. The van der Waals surface area contributed by atoms with E-state index in [1.54, 1.807) is 0 Å². The number of carbonyl (C=O) groups excluding carboxylic acids is 8. The fourth-order valence-electron chi connectivity index (χ4n) is 8.27. The Hall–Kier alpha value is -7.33. The van der Waals surface area contributed by atoms with Crippen LogP contribution in [0.15, 0.2) is 0 Å². The molecule has 37 nitrogen and oxygen atoms in total. The number of nitrogens with two attached hydrogens (primary N) is 2. The minimum absolute atomic E-state index is 0.161. The summed E-state index contributed by atoms with van der Waals surface area (Å²) < 4.78 is 17.3. The summed E-state index contributed by atoms with van der Waals surface area (Å²) in [6.45, 7) is 2.44. The van der Waals surface area contributed by atoms with E-state index in [-0.39, 0.29) is 25.7 Å². The van der Waals surface area contributed by atoms with Crippen molar-refractivity contribution in [2.45, 2.75) is 208 Å². The van der Waals surface area contributed by atoms with E-state index in [1.165, 1.54) is 6.92 Å². The van der Waals surface area contributed by atoms with E-state index in [2.05, 4.69) is 42.5 Å². The molecule has 490 valence electrons. The van der Waals surface area contributed by atoms with Crippen molar-refractivity contribution >= 4 is 77.1 Å². The molecule has 1 rings (SSSR count). The van der Waals surface area contributed by atoms with Gasteiger partial charge in [-0.15, -0.1) is 0 Å². The van der Waals surface area contributed by atoms with Gasteiger partial charge in [-0.2, -0.15) is 0 Å². The van der Waals surface area contributed by atoms with Crippen LogP contribution < -0.4 is 54.0 Å². The van der Waals surface area contributed by atoms with Crippen molar-refractivity contribution in [3.8, 4) is 0 Å². The molecule has 23 N–H and O–H groups in total. The number of rotatable bonds is 41. The SMILES string of the molecule is CC(=O)NC(CO)C(OC(C)C(=O)NC(C)C(=O)NC(CCC(=O)NC(CCCC(N)C(=O)O)C(=O)NC(CCCC(NC(=O)CCC(NC(=O)C(C)N)C(=O)O)C(=O)O)C(=O)O)C(=O)O)C(OC1OC(CO)C(O)C(O)C1NC(C)=O)C(O)CO. The molecule has 0 aromatic carbocycles. The third-order valence-electron chi connectivity index (χ3n) is 13.1. The smallest absolute Gasteiger partial charge is 0.326 e. The molecule has 8 amide bonds. The summed E-state index contributed by atoms with van der Waals surface area (Å²) in [4.78, 5) is 162. The number of carboxylic acids is 5. The lowest BCUT2D eigenvalue weighted by Gasteiger charge is -2.45. The van der Waals surface area contributed by atoms with Gasteiger partial charge in [0.05, 0.1) is 31.9 Å². The third kappa shape index (κ3) is 26.5. The number of aliphatic hydroxyl groups is 6. The molecular weight excluding hydrogens is 1160 g/mol. The van der Waals surface area contributed by atoms with Crippen LogP contribution in [0.5, 0.6) is 0 Å². The highest BCUT2D eigenvalue weighted by Gasteiger charge is 2.49. The molecule has 37 heteroatoms. The van der Waals surface area contributed by atoms with E-state index in [0.29, 0.717) is 0 Å². The lowest BCUT2D eigenvalue weighted by Crippen LogP contribution is -2.67. The molecule has 18 atom stereocenters. The van der Waals surface area contributed by atoms with Crippen LogP contribution in [-0.2, 0) is 76.5 Å². The second-order valence-electron chi connectivity index (χ2n) is 20.2. The van der Waals surface area contributed by atoms with Gasteiger partial charge in [-0.05, 0) is 72.1 Å². The molecule has 0 bridgehead atoms. The van der Waals surface area contributed by atoms with E-state index < -0.39 is 245 Å². The van der Waals surface area contributed by atoms with Crippen LogP contribution >= 0.6 is 0 Å². The Morgan fingerprint density at radius 3 is 1.44 bits per heavy atom. The Morgan fingerprint density at radius 1 is 0.523 bits per heavy atom. The van der Waals surface area contributed by atoms with Crippen molar-refractivity contribution in [3.63, 3.8) is 0 Å². The van der Waals surface area contributed by atoms with E-state index in [9.17, 15) is 119 Å². The van der Waals surface area contributed by atoms with Gasteiger partial charge < -0.3 is 124 Å². The number of carboxylic acid groups (broad SMARTS) is 5. The first kappa shape index (κ1) is 76.7. The van der Waals surface area contributed by atoms with Gasteiger partial charge in [0.25, 0.3) is 0 Å². The topological polar surface area (TPSA) is 620 Å². The highest BCUT2D eigenvalue weighted by atomic mass is 16.7. The number of aliphatic carboxylic acids is 5. The Labute approximate surface area is 491 Å². The fourth-order valence-corrected chi connectivity index (χ4v) is 8.27. The number of hydrogen-bond donors (Lipinski definition) is 21. The average Bonchev–Trinajstić information content (AvgIpc) is 1.15. The van der Waals surface area contributed by atoms with Crippen LogP contribution in [0.2, 0.25) is 0 Å². The van der Waals surface area contributed by atoms with E-state index in [1.807, 2.05) is 0 Å². The zero-order chi connectivity index (χ0) is 65.9. The van der Waals surface area contributed by atoms with Gasteiger partial charge in [-0.1, -0.05) is 0 Å². The summed E-state index contributed by atoms with van der Waals surface area (Å²) in [5.74, 6) is -15.7. The number of hydrogen-bond acceptors (Lipinski definition) is 24. The molecule has 0 aliphatic carbocycles. The van der Waals surface area contributed by atoms with Crippen molar-refractivity contribution < 1.29 is 133 Å². The summed E-state index contributed by atoms with van der Waals surface area (Å²) in [5.41, 5.74) is 11.0. The minimum atomic E-state index is -2.03. The van der Waals surface area contributed by atoms with E-state index in [4.69, 9.17) is 25.7 Å². The zero-order valence-corrected chi connectivity index (χ0v) is 47.7. The normalized spacial score (nSPS) is 21.2. The summed E-state index contributed by atoms with van der Waals surface area (Å²) in [5, 5.41) is 129. The van der Waals surface area contributed by atoms with Gasteiger partial charge in [-0.3, -0.25) is 43.2 Å². The van der Waals surface area contributed by atoms with Crippen molar-refractivity contribution in [1.82, 2.24) is 42.5 Å². The van der Waals surface area contributed by atoms with E-state index in [0.717, 1.165) is 27.7 Å². The molecule has 1 saturated heterocycles. The van der Waals surface area contributed by atoms with Gasteiger partial charge in [0.2, 0.25) is 47.3 Å². The lowest BCUT2D eigenvalue weighted by molar-refractivity contribution is -0.303. The van der Waals surface area contributed by atoms with Gasteiger partial charge in [0.1, 0.15) is 91.1 Å². The first-order chi connectivity index (χ1) is 40.1. The number of ether oxygens (including phenoxy) is 3. The van der Waals surface area contributed by atoms with Crippen molar-refractivity contribution in [1.29, 1.82) is 0 Å².